The number of alkyl halides is 1. The number of hydrogen-bond donors (Lipinski definition) is 1. The molecule has 1 aliphatic heterocycles. The summed E-state index contributed by atoms with van der Waals surface area (Å²) in [6.45, 7) is 5.77. The summed E-state index contributed by atoms with van der Waals surface area (Å²) in [5.41, 5.74) is 1.31. The van der Waals surface area contributed by atoms with Crippen LogP contribution in [0, 0.1) is 0 Å². The molecule has 2 nitrogen and oxygen atoms in total. The van der Waals surface area contributed by atoms with E-state index in [1.165, 1.54) is 5.56 Å². The highest BCUT2D eigenvalue weighted by Gasteiger charge is 2.35. The van der Waals surface area contributed by atoms with Crippen molar-refractivity contribution in [3.05, 3.63) is 35.9 Å². The zero-order valence-corrected chi connectivity index (χ0v) is 10.5. The normalized spacial score (nSPS) is 26.0. The number of halogens is 1. The van der Waals surface area contributed by atoms with Crippen molar-refractivity contribution in [3.8, 4) is 0 Å². The highest BCUT2D eigenvalue weighted by molar-refractivity contribution is 5.25. The minimum atomic E-state index is -0.227. The molecule has 1 unspecified atom stereocenters. The zero-order chi connectivity index (χ0) is 12.1. The molecule has 2 rings (SSSR count). The molecule has 1 saturated heterocycles. The molecule has 1 aliphatic rings. The fourth-order valence-electron chi connectivity index (χ4n) is 2.60. The molecule has 1 N–H and O–H groups in total. The van der Waals surface area contributed by atoms with E-state index in [0.717, 1.165) is 26.2 Å². The number of benzene rings is 1. The van der Waals surface area contributed by atoms with Crippen molar-refractivity contribution in [2.75, 3.05) is 32.9 Å². The monoisotopic (exact) mass is 236 g/mol. The van der Waals surface area contributed by atoms with Crippen molar-refractivity contribution in [3.63, 3.8) is 0 Å². The Kier molecular flexibility index (Phi) is 4.13. The van der Waals surface area contributed by atoms with Crippen LogP contribution in [0.25, 0.3) is 0 Å². The van der Waals surface area contributed by atoms with Crippen LogP contribution in [-0.4, -0.2) is 37.8 Å². The third kappa shape index (κ3) is 2.67. The highest BCUT2D eigenvalue weighted by atomic mass is 19.1. The SMILES string of the molecule is CC1(c2ccccc2)CNCCN1CCCF. The van der Waals surface area contributed by atoms with Crippen molar-refractivity contribution >= 4 is 0 Å². The number of nitrogens with zero attached hydrogens (tertiary/aromatic N) is 1. The smallest absolute Gasteiger partial charge is 0.0906 e. The van der Waals surface area contributed by atoms with E-state index in [9.17, 15) is 4.39 Å². The summed E-state index contributed by atoms with van der Waals surface area (Å²) >= 11 is 0. The Balaban J connectivity index is 2.19. The molecule has 0 bridgehead atoms. The second-order valence-electron chi connectivity index (χ2n) is 4.85. The van der Waals surface area contributed by atoms with E-state index in [2.05, 4.69) is 41.4 Å². The van der Waals surface area contributed by atoms with Crippen LogP contribution in [0.2, 0.25) is 0 Å². The molecular weight excluding hydrogens is 215 g/mol. The van der Waals surface area contributed by atoms with Gasteiger partial charge in [0, 0.05) is 26.2 Å². The van der Waals surface area contributed by atoms with Crippen molar-refractivity contribution < 1.29 is 4.39 Å². The van der Waals surface area contributed by atoms with Crippen LogP contribution in [0.4, 0.5) is 4.39 Å². The lowest BCUT2D eigenvalue weighted by Crippen LogP contribution is -2.57. The van der Waals surface area contributed by atoms with Gasteiger partial charge in [-0.1, -0.05) is 30.3 Å². The molecule has 94 valence electrons. The molecule has 1 fully saturated rings. The Morgan fingerprint density at radius 1 is 1.35 bits per heavy atom. The van der Waals surface area contributed by atoms with Gasteiger partial charge < -0.3 is 5.32 Å². The largest absolute Gasteiger partial charge is 0.313 e. The molecule has 0 amide bonds. The average molecular weight is 236 g/mol. The van der Waals surface area contributed by atoms with Crippen molar-refractivity contribution in [1.29, 1.82) is 0 Å². The Morgan fingerprint density at radius 2 is 2.12 bits per heavy atom. The predicted molar refractivity (Wildman–Crippen MR) is 68.8 cm³/mol. The van der Waals surface area contributed by atoms with Crippen molar-refractivity contribution in [2.24, 2.45) is 0 Å². The maximum atomic E-state index is 12.4. The molecule has 1 heterocycles. The third-order valence-electron chi connectivity index (χ3n) is 3.68. The average Bonchev–Trinajstić information content (AvgIpc) is 2.39. The van der Waals surface area contributed by atoms with E-state index in [-0.39, 0.29) is 12.2 Å². The van der Waals surface area contributed by atoms with E-state index in [1.807, 2.05) is 6.07 Å². The van der Waals surface area contributed by atoms with Crippen LogP contribution in [0.3, 0.4) is 0 Å². The summed E-state index contributed by atoms with van der Waals surface area (Å²) < 4.78 is 12.4. The van der Waals surface area contributed by atoms with Gasteiger partial charge in [-0.05, 0) is 18.9 Å². The van der Waals surface area contributed by atoms with Gasteiger partial charge in [-0.3, -0.25) is 9.29 Å². The lowest BCUT2D eigenvalue weighted by molar-refractivity contribution is 0.0697. The Morgan fingerprint density at radius 3 is 2.82 bits per heavy atom. The summed E-state index contributed by atoms with van der Waals surface area (Å²) in [6, 6.07) is 10.5. The second kappa shape index (κ2) is 5.61. The van der Waals surface area contributed by atoms with Crippen LogP contribution >= 0.6 is 0 Å². The van der Waals surface area contributed by atoms with Gasteiger partial charge in [-0.25, -0.2) is 0 Å². The molecule has 0 aromatic heterocycles. The maximum absolute atomic E-state index is 12.4. The molecule has 1 aromatic rings. The fourth-order valence-corrected chi connectivity index (χ4v) is 2.60. The fraction of sp³-hybridized carbons (Fsp3) is 0.571. The van der Waals surface area contributed by atoms with Gasteiger partial charge in [0.25, 0.3) is 0 Å². The van der Waals surface area contributed by atoms with Gasteiger partial charge >= 0.3 is 0 Å². The van der Waals surface area contributed by atoms with Gasteiger partial charge in [0.1, 0.15) is 0 Å². The molecule has 0 radical (unpaired) electrons. The predicted octanol–water partition coefficient (Wildman–Crippen LogP) is 2.17. The molecule has 17 heavy (non-hydrogen) atoms. The van der Waals surface area contributed by atoms with Crippen LogP contribution in [0.15, 0.2) is 30.3 Å². The van der Waals surface area contributed by atoms with Crippen LogP contribution in [0.5, 0.6) is 0 Å². The summed E-state index contributed by atoms with van der Waals surface area (Å²) in [4.78, 5) is 2.40. The van der Waals surface area contributed by atoms with Crippen molar-refractivity contribution in [2.45, 2.75) is 18.9 Å². The van der Waals surface area contributed by atoms with E-state index in [4.69, 9.17) is 0 Å². The lowest BCUT2D eigenvalue weighted by Gasteiger charge is -2.45. The van der Waals surface area contributed by atoms with Gasteiger partial charge in [0.2, 0.25) is 0 Å². The van der Waals surface area contributed by atoms with Gasteiger partial charge in [0.15, 0.2) is 0 Å². The van der Waals surface area contributed by atoms with Gasteiger partial charge in [-0.15, -0.1) is 0 Å². The molecule has 0 saturated carbocycles. The van der Waals surface area contributed by atoms with E-state index >= 15 is 0 Å². The van der Waals surface area contributed by atoms with Crippen LogP contribution in [-0.2, 0) is 5.54 Å². The number of piperazine rings is 1. The summed E-state index contributed by atoms with van der Waals surface area (Å²) in [7, 11) is 0. The quantitative estimate of drug-likeness (QED) is 0.862. The minimum absolute atomic E-state index is 0.00528. The summed E-state index contributed by atoms with van der Waals surface area (Å²) in [5.74, 6) is 0. The number of rotatable bonds is 4. The second-order valence-corrected chi connectivity index (χ2v) is 4.85. The zero-order valence-electron chi connectivity index (χ0n) is 10.5. The first-order chi connectivity index (χ1) is 8.27. The maximum Gasteiger partial charge on any atom is 0.0906 e. The van der Waals surface area contributed by atoms with E-state index < -0.39 is 0 Å². The number of nitrogens with one attached hydrogen (secondary N) is 1. The lowest BCUT2D eigenvalue weighted by atomic mass is 9.88. The Bertz CT molecular complexity index is 341. The van der Waals surface area contributed by atoms with Crippen molar-refractivity contribution in [1.82, 2.24) is 10.2 Å². The molecule has 0 aliphatic carbocycles. The summed E-state index contributed by atoms with van der Waals surface area (Å²) in [6.07, 6.45) is 0.627. The Hall–Kier alpha value is -0.930. The van der Waals surface area contributed by atoms with E-state index in [0.29, 0.717) is 6.42 Å². The molecule has 3 heteroatoms. The third-order valence-corrected chi connectivity index (χ3v) is 3.68. The van der Waals surface area contributed by atoms with E-state index in [1.54, 1.807) is 0 Å². The molecular formula is C14H21FN2. The molecule has 1 aromatic carbocycles. The molecule has 0 spiro atoms. The molecule has 1 atom stereocenters. The number of hydrogen-bond acceptors (Lipinski definition) is 2. The van der Waals surface area contributed by atoms with Gasteiger partial charge in [0.05, 0.1) is 12.2 Å². The first-order valence-electron chi connectivity index (χ1n) is 6.34. The summed E-state index contributed by atoms with van der Waals surface area (Å²) in [5, 5.41) is 3.44. The highest BCUT2D eigenvalue weighted by Crippen LogP contribution is 2.29. The van der Waals surface area contributed by atoms with Gasteiger partial charge in [-0.2, -0.15) is 0 Å². The Labute approximate surface area is 103 Å². The minimum Gasteiger partial charge on any atom is -0.313 e. The van der Waals surface area contributed by atoms with Crippen LogP contribution in [0.1, 0.15) is 18.9 Å². The topological polar surface area (TPSA) is 15.3 Å². The van der Waals surface area contributed by atoms with Crippen LogP contribution < -0.4 is 5.32 Å². The first kappa shape index (κ1) is 12.5. The standard InChI is InChI=1S/C14H21FN2/c1-14(13-6-3-2-4-7-13)12-16-9-11-17(14)10-5-8-15/h2-4,6-7,16H,5,8-12H2,1H3. The first-order valence-corrected chi connectivity index (χ1v) is 6.34.